The van der Waals surface area contributed by atoms with Gasteiger partial charge in [-0.2, -0.15) is 0 Å². The van der Waals surface area contributed by atoms with Crippen LogP contribution in [0, 0.1) is 0 Å². The number of hydrogen-bond donors (Lipinski definition) is 0. The third-order valence-corrected chi connectivity index (χ3v) is 6.91. The first-order valence-corrected chi connectivity index (χ1v) is 11.0. The summed E-state index contributed by atoms with van der Waals surface area (Å²) in [5.41, 5.74) is 0. The van der Waals surface area contributed by atoms with E-state index in [1.54, 1.807) is 7.11 Å². The van der Waals surface area contributed by atoms with Gasteiger partial charge in [-0.15, -0.1) is 0 Å². The first-order valence-electron chi connectivity index (χ1n) is 11.0. The van der Waals surface area contributed by atoms with Crippen LogP contribution in [-0.4, -0.2) is 7.11 Å². The molecule has 0 aromatic heterocycles. The number of fused-ring (bicyclic) bond motifs is 13. The second-order valence-corrected chi connectivity index (χ2v) is 8.46. The molecular formula is C31H20O. The van der Waals surface area contributed by atoms with Gasteiger partial charge < -0.3 is 4.74 Å². The molecule has 1 heteroatoms. The van der Waals surface area contributed by atoms with Crippen molar-refractivity contribution in [1.29, 1.82) is 0 Å². The molecule has 0 saturated carbocycles. The molecule has 1 nitrogen and oxygen atoms in total. The molecule has 0 aliphatic carbocycles. The van der Waals surface area contributed by atoms with E-state index in [4.69, 9.17) is 4.74 Å². The summed E-state index contributed by atoms with van der Waals surface area (Å²) < 4.78 is 5.65. The fourth-order valence-electron chi connectivity index (χ4n) is 5.54. The Bertz CT molecular complexity index is 1830. The molecule has 7 aromatic rings. The zero-order valence-corrected chi connectivity index (χ0v) is 17.7. The lowest BCUT2D eigenvalue weighted by molar-refractivity contribution is 0.415. The highest BCUT2D eigenvalue weighted by Gasteiger charge is 2.16. The highest BCUT2D eigenvalue weighted by Crippen LogP contribution is 2.44. The molecule has 7 rings (SSSR count). The molecule has 0 atom stereocenters. The SMILES string of the molecule is COc1ccc2c3ccccc3c3ccc4c5ccccc5c5ccccc5c4c3c2c1. The molecule has 32 heavy (non-hydrogen) atoms. The van der Waals surface area contributed by atoms with Crippen LogP contribution >= 0.6 is 0 Å². The monoisotopic (exact) mass is 408 g/mol. The summed E-state index contributed by atoms with van der Waals surface area (Å²) >= 11 is 0. The summed E-state index contributed by atoms with van der Waals surface area (Å²) in [6.45, 7) is 0. The minimum Gasteiger partial charge on any atom is -0.497 e. The molecule has 0 bridgehead atoms. The van der Waals surface area contributed by atoms with Crippen molar-refractivity contribution in [2.24, 2.45) is 0 Å². The van der Waals surface area contributed by atoms with Gasteiger partial charge in [0.2, 0.25) is 0 Å². The summed E-state index contributed by atoms with van der Waals surface area (Å²) in [7, 11) is 1.74. The molecule has 0 spiro atoms. The number of ether oxygens (including phenoxy) is 1. The minimum absolute atomic E-state index is 0.885. The van der Waals surface area contributed by atoms with E-state index in [0.717, 1.165) is 5.75 Å². The van der Waals surface area contributed by atoms with Crippen molar-refractivity contribution in [3.63, 3.8) is 0 Å². The summed E-state index contributed by atoms with van der Waals surface area (Å²) in [5.74, 6) is 0.885. The fourth-order valence-corrected chi connectivity index (χ4v) is 5.54. The Hall–Kier alpha value is -4.10. The molecule has 0 aliphatic rings. The van der Waals surface area contributed by atoms with E-state index in [0.29, 0.717) is 0 Å². The van der Waals surface area contributed by atoms with Crippen LogP contribution in [0.25, 0.3) is 64.6 Å². The smallest absolute Gasteiger partial charge is 0.119 e. The van der Waals surface area contributed by atoms with E-state index in [1.807, 2.05) is 0 Å². The Kier molecular flexibility index (Phi) is 3.54. The maximum atomic E-state index is 5.65. The molecule has 0 saturated heterocycles. The van der Waals surface area contributed by atoms with Crippen molar-refractivity contribution >= 4 is 64.6 Å². The van der Waals surface area contributed by atoms with Crippen molar-refractivity contribution in [2.75, 3.05) is 7.11 Å². The van der Waals surface area contributed by atoms with Crippen molar-refractivity contribution in [3.8, 4) is 5.75 Å². The normalized spacial score (nSPS) is 11.9. The predicted molar refractivity (Wildman–Crippen MR) is 138 cm³/mol. The van der Waals surface area contributed by atoms with E-state index in [-0.39, 0.29) is 0 Å². The summed E-state index contributed by atoms with van der Waals surface area (Å²) in [6, 6.07) is 37.4. The van der Waals surface area contributed by atoms with Crippen molar-refractivity contribution in [3.05, 3.63) is 103 Å². The van der Waals surface area contributed by atoms with Crippen LogP contribution in [0.2, 0.25) is 0 Å². The standard InChI is InChI=1S/C31H20O/c1-32-19-14-15-25-21-9-3-5-12-24(21)28-17-16-27-23-11-4-2-8-20(23)22-10-6-7-13-26(22)30(27)31(28)29(25)18-19/h2-18H,1H3. The van der Waals surface area contributed by atoms with E-state index >= 15 is 0 Å². The molecule has 0 N–H and O–H groups in total. The van der Waals surface area contributed by atoms with E-state index in [2.05, 4.69) is 103 Å². The molecule has 0 fully saturated rings. The van der Waals surface area contributed by atoms with Crippen molar-refractivity contribution in [1.82, 2.24) is 0 Å². The average molecular weight is 409 g/mol. The number of hydrogen-bond acceptors (Lipinski definition) is 1. The van der Waals surface area contributed by atoms with Gasteiger partial charge in [-0.1, -0.05) is 91.0 Å². The van der Waals surface area contributed by atoms with Crippen molar-refractivity contribution < 1.29 is 4.74 Å². The molecule has 150 valence electrons. The van der Waals surface area contributed by atoms with Crippen LogP contribution in [0.3, 0.4) is 0 Å². The van der Waals surface area contributed by atoms with Gasteiger partial charge in [0.15, 0.2) is 0 Å². The van der Waals surface area contributed by atoms with Gasteiger partial charge in [-0.25, -0.2) is 0 Å². The number of rotatable bonds is 1. The molecular weight excluding hydrogens is 388 g/mol. The van der Waals surface area contributed by atoms with Crippen LogP contribution in [0.5, 0.6) is 5.75 Å². The first-order chi connectivity index (χ1) is 15.8. The average Bonchev–Trinajstić information content (AvgIpc) is 2.88. The third kappa shape index (κ3) is 2.23. The fraction of sp³-hybridized carbons (Fsp3) is 0.0323. The number of benzene rings is 7. The van der Waals surface area contributed by atoms with Gasteiger partial charge >= 0.3 is 0 Å². The minimum atomic E-state index is 0.885. The second-order valence-electron chi connectivity index (χ2n) is 8.46. The molecule has 0 unspecified atom stereocenters. The largest absolute Gasteiger partial charge is 0.497 e. The predicted octanol–water partition coefficient (Wildman–Crippen LogP) is 8.61. The quantitative estimate of drug-likeness (QED) is 0.247. The maximum absolute atomic E-state index is 5.65. The Morgan fingerprint density at radius 1 is 0.375 bits per heavy atom. The van der Waals surface area contributed by atoms with Crippen LogP contribution in [0.15, 0.2) is 103 Å². The highest BCUT2D eigenvalue weighted by atomic mass is 16.5. The molecule has 0 aliphatic heterocycles. The Morgan fingerprint density at radius 3 is 1.22 bits per heavy atom. The lowest BCUT2D eigenvalue weighted by atomic mass is 9.87. The van der Waals surface area contributed by atoms with Crippen LogP contribution in [0.4, 0.5) is 0 Å². The van der Waals surface area contributed by atoms with E-state index in [1.165, 1.54) is 64.6 Å². The van der Waals surface area contributed by atoms with Crippen LogP contribution in [0.1, 0.15) is 0 Å². The summed E-state index contributed by atoms with van der Waals surface area (Å²) in [5, 5.41) is 15.5. The van der Waals surface area contributed by atoms with Gasteiger partial charge in [0, 0.05) is 0 Å². The van der Waals surface area contributed by atoms with Gasteiger partial charge in [-0.05, 0) is 76.8 Å². The van der Waals surface area contributed by atoms with E-state index in [9.17, 15) is 0 Å². The molecule has 0 amide bonds. The molecule has 0 heterocycles. The Labute approximate surface area is 185 Å². The van der Waals surface area contributed by atoms with Gasteiger partial charge in [0.1, 0.15) is 5.75 Å². The zero-order valence-electron chi connectivity index (χ0n) is 17.7. The zero-order chi connectivity index (χ0) is 21.2. The highest BCUT2D eigenvalue weighted by molar-refractivity contribution is 6.39. The lowest BCUT2D eigenvalue weighted by Crippen LogP contribution is -1.89. The third-order valence-electron chi connectivity index (χ3n) is 6.91. The van der Waals surface area contributed by atoms with Crippen LogP contribution in [-0.2, 0) is 0 Å². The molecule has 7 aromatic carbocycles. The van der Waals surface area contributed by atoms with Gasteiger partial charge in [0.05, 0.1) is 7.11 Å². The summed E-state index contributed by atoms with van der Waals surface area (Å²) in [6.07, 6.45) is 0. The van der Waals surface area contributed by atoms with Crippen molar-refractivity contribution in [2.45, 2.75) is 0 Å². The summed E-state index contributed by atoms with van der Waals surface area (Å²) in [4.78, 5) is 0. The van der Waals surface area contributed by atoms with Gasteiger partial charge in [-0.3, -0.25) is 0 Å². The van der Waals surface area contributed by atoms with E-state index < -0.39 is 0 Å². The lowest BCUT2D eigenvalue weighted by Gasteiger charge is -2.17. The maximum Gasteiger partial charge on any atom is 0.119 e. The number of methoxy groups -OCH3 is 1. The topological polar surface area (TPSA) is 9.23 Å². The Balaban J connectivity index is 1.90. The van der Waals surface area contributed by atoms with Gasteiger partial charge in [0.25, 0.3) is 0 Å². The second kappa shape index (κ2) is 6.45. The van der Waals surface area contributed by atoms with Crippen LogP contribution < -0.4 is 4.74 Å². The molecule has 0 radical (unpaired) electrons. The first kappa shape index (κ1) is 17.6. The Morgan fingerprint density at radius 2 is 0.719 bits per heavy atom.